The van der Waals surface area contributed by atoms with Crippen molar-refractivity contribution in [3.63, 3.8) is 0 Å². The topological polar surface area (TPSA) is 104 Å². The smallest absolute Gasteiger partial charge is 0.223 e. The molecule has 0 radical (unpaired) electrons. The van der Waals surface area contributed by atoms with Crippen LogP contribution in [0.2, 0.25) is 0 Å². The highest BCUT2D eigenvalue weighted by molar-refractivity contribution is 7.90. The Hall–Kier alpha value is -2.36. The Morgan fingerprint density at radius 2 is 1.63 bits per heavy atom. The van der Waals surface area contributed by atoms with Gasteiger partial charge in [0, 0.05) is 36.5 Å². The molecular formula is C29H45N5O3S. The normalized spacial score (nSPS) is 18.4. The molecule has 0 aliphatic heterocycles. The van der Waals surface area contributed by atoms with E-state index < -0.39 is 14.8 Å². The second kappa shape index (κ2) is 14.1. The third kappa shape index (κ3) is 9.13. The van der Waals surface area contributed by atoms with Gasteiger partial charge in [0.1, 0.15) is 0 Å². The summed E-state index contributed by atoms with van der Waals surface area (Å²) in [6.45, 7) is 10.9. The van der Waals surface area contributed by atoms with E-state index in [1.165, 1.54) is 5.56 Å². The quantitative estimate of drug-likeness (QED) is 0.367. The first-order chi connectivity index (χ1) is 18.1. The molecule has 0 bridgehead atoms. The molecule has 0 spiro atoms. The van der Waals surface area contributed by atoms with Crippen molar-refractivity contribution in [2.45, 2.75) is 83.4 Å². The van der Waals surface area contributed by atoms with Crippen LogP contribution in [0.25, 0.3) is 11.4 Å². The van der Waals surface area contributed by atoms with Crippen LogP contribution >= 0.6 is 0 Å². The molecule has 2 N–H and O–H groups in total. The number of sulfonamides is 1. The zero-order valence-corrected chi connectivity index (χ0v) is 24.3. The molecule has 3 rings (SSSR count). The van der Waals surface area contributed by atoms with E-state index in [-0.39, 0.29) is 17.9 Å². The van der Waals surface area contributed by atoms with Crippen LogP contribution < -0.4 is 10.0 Å². The van der Waals surface area contributed by atoms with Gasteiger partial charge in [-0.15, -0.1) is 0 Å². The molecule has 1 saturated carbocycles. The average Bonchev–Trinajstić information content (AvgIpc) is 2.90. The lowest BCUT2D eigenvalue weighted by molar-refractivity contribution is -0.126. The van der Waals surface area contributed by atoms with Crippen molar-refractivity contribution in [2.75, 3.05) is 26.2 Å². The minimum absolute atomic E-state index is 0.0208. The van der Waals surface area contributed by atoms with E-state index in [4.69, 9.17) is 0 Å². The SMILES string of the molecule is CCN(CCCNC(=O)C1CCC(NS(=O)(=O)C(C)(C)C)CC1)CCCc1ccc(-c2ncccn2)cc1. The van der Waals surface area contributed by atoms with Crippen molar-refractivity contribution < 1.29 is 13.2 Å². The monoisotopic (exact) mass is 543 g/mol. The van der Waals surface area contributed by atoms with Gasteiger partial charge >= 0.3 is 0 Å². The highest BCUT2D eigenvalue weighted by Gasteiger charge is 2.34. The molecule has 210 valence electrons. The Bertz CT molecular complexity index is 1090. The lowest BCUT2D eigenvalue weighted by Crippen LogP contribution is -2.46. The number of carbonyl (C=O) groups excluding carboxylic acids is 1. The summed E-state index contributed by atoms with van der Waals surface area (Å²) < 4.78 is 26.8. The number of amides is 1. The van der Waals surface area contributed by atoms with Crippen LogP contribution in [-0.4, -0.2) is 66.2 Å². The molecule has 1 aromatic heterocycles. The molecule has 1 fully saturated rings. The van der Waals surface area contributed by atoms with Crippen LogP contribution in [0.4, 0.5) is 0 Å². The summed E-state index contributed by atoms with van der Waals surface area (Å²) in [6, 6.07) is 10.2. The van der Waals surface area contributed by atoms with E-state index in [9.17, 15) is 13.2 Å². The standard InChI is InChI=1S/C29H45N5O3S/c1-5-34(21-6-9-23-10-12-24(13-11-23)27-30-18-7-19-31-27)22-8-20-32-28(35)25-14-16-26(17-15-25)33-38(36,37)29(2,3)4/h7,10-13,18-19,25-26,33H,5-6,8-9,14-17,20-22H2,1-4H3,(H,32,35). The Kier molecular flexibility index (Phi) is 11.2. The maximum absolute atomic E-state index is 12.6. The predicted molar refractivity (Wildman–Crippen MR) is 153 cm³/mol. The minimum atomic E-state index is -3.36. The summed E-state index contributed by atoms with van der Waals surface area (Å²) in [5.41, 5.74) is 2.35. The van der Waals surface area contributed by atoms with E-state index in [1.807, 2.05) is 6.07 Å². The largest absolute Gasteiger partial charge is 0.356 e. The third-order valence-electron chi connectivity index (χ3n) is 7.34. The number of hydrogen-bond donors (Lipinski definition) is 2. The average molecular weight is 544 g/mol. The van der Waals surface area contributed by atoms with Crippen LogP contribution in [0.1, 0.15) is 71.8 Å². The van der Waals surface area contributed by atoms with Gasteiger partial charge in [-0.3, -0.25) is 4.79 Å². The van der Waals surface area contributed by atoms with Gasteiger partial charge in [0.2, 0.25) is 15.9 Å². The van der Waals surface area contributed by atoms with Crippen molar-refractivity contribution in [2.24, 2.45) is 5.92 Å². The second-order valence-corrected chi connectivity index (χ2v) is 13.7. The minimum Gasteiger partial charge on any atom is -0.356 e. The zero-order valence-electron chi connectivity index (χ0n) is 23.4. The number of carbonyl (C=O) groups is 1. The van der Waals surface area contributed by atoms with Crippen molar-refractivity contribution >= 4 is 15.9 Å². The van der Waals surface area contributed by atoms with E-state index >= 15 is 0 Å². The maximum atomic E-state index is 12.6. The van der Waals surface area contributed by atoms with E-state index in [0.29, 0.717) is 19.4 Å². The lowest BCUT2D eigenvalue weighted by Gasteiger charge is -2.30. The maximum Gasteiger partial charge on any atom is 0.223 e. The first-order valence-corrected chi connectivity index (χ1v) is 15.5. The summed E-state index contributed by atoms with van der Waals surface area (Å²) in [6.07, 6.45) is 9.42. The van der Waals surface area contributed by atoms with E-state index in [0.717, 1.165) is 63.1 Å². The highest BCUT2D eigenvalue weighted by Crippen LogP contribution is 2.26. The number of aromatic nitrogens is 2. The number of benzene rings is 1. The molecule has 38 heavy (non-hydrogen) atoms. The van der Waals surface area contributed by atoms with Gasteiger partial charge in [0.05, 0.1) is 4.75 Å². The fourth-order valence-electron chi connectivity index (χ4n) is 4.73. The molecule has 2 aromatic rings. The number of nitrogens with zero attached hydrogens (tertiary/aromatic N) is 3. The summed E-state index contributed by atoms with van der Waals surface area (Å²) in [5.74, 6) is 0.835. The molecule has 1 aliphatic carbocycles. The Labute approximate surface area is 229 Å². The van der Waals surface area contributed by atoms with Crippen molar-refractivity contribution in [3.8, 4) is 11.4 Å². The fraction of sp³-hybridized carbons (Fsp3) is 0.621. The van der Waals surface area contributed by atoms with Gasteiger partial charge in [-0.05, 0) is 97.0 Å². The molecule has 1 amide bonds. The Morgan fingerprint density at radius 1 is 1.00 bits per heavy atom. The third-order valence-corrected chi connectivity index (χ3v) is 9.60. The Morgan fingerprint density at radius 3 is 2.24 bits per heavy atom. The van der Waals surface area contributed by atoms with Crippen LogP contribution in [-0.2, 0) is 21.2 Å². The Balaban J connectivity index is 1.29. The molecule has 0 atom stereocenters. The van der Waals surface area contributed by atoms with Crippen LogP contribution in [0.3, 0.4) is 0 Å². The van der Waals surface area contributed by atoms with Gasteiger partial charge in [0.25, 0.3) is 0 Å². The van der Waals surface area contributed by atoms with Crippen molar-refractivity contribution in [1.82, 2.24) is 24.9 Å². The van der Waals surface area contributed by atoms with Crippen molar-refractivity contribution in [1.29, 1.82) is 0 Å². The molecular weight excluding hydrogens is 498 g/mol. The number of hydrogen-bond acceptors (Lipinski definition) is 6. The molecule has 1 aliphatic rings. The van der Waals surface area contributed by atoms with Crippen LogP contribution in [0, 0.1) is 5.92 Å². The summed E-state index contributed by atoms with van der Waals surface area (Å²) >= 11 is 0. The van der Waals surface area contributed by atoms with Gasteiger partial charge < -0.3 is 10.2 Å². The highest BCUT2D eigenvalue weighted by atomic mass is 32.2. The summed E-state index contributed by atoms with van der Waals surface area (Å²) in [7, 11) is -3.36. The fourth-order valence-corrected chi connectivity index (χ4v) is 5.76. The zero-order chi connectivity index (χ0) is 27.6. The first kappa shape index (κ1) is 30.2. The van der Waals surface area contributed by atoms with Gasteiger partial charge in [-0.1, -0.05) is 31.2 Å². The van der Waals surface area contributed by atoms with Gasteiger partial charge in [0.15, 0.2) is 5.82 Å². The number of nitrogens with one attached hydrogen (secondary N) is 2. The molecule has 0 unspecified atom stereocenters. The van der Waals surface area contributed by atoms with E-state index in [2.05, 4.69) is 56.1 Å². The van der Waals surface area contributed by atoms with E-state index in [1.54, 1.807) is 33.2 Å². The molecule has 9 heteroatoms. The first-order valence-electron chi connectivity index (χ1n) is 14.0. The number of aryl methyl sites for hydroxylation is 1. The van der Waals surface area contributed by atoms with Gasteiger partial charge in [-0.2, -0.15) is 0 Å². The van der Waals surface area contributed by atoms with Gasteiger partial charge in [-0.25, -0.2) is 23.1 Å². The summed E-state index contributed by atoms with van der Waals surface area (Å²) in [4.78, 5) is 23.7. The van der Waals surface area contributed by atoms with Crippen LogP contribution in [0.5, 0.6) is 0 Å². The summed E-state index contributed by atoms with van der Waals surface area (Å²) in [5, 5.41) is 3.11. The molecule has 1 heterocycles. The second-order valence-electron chi connectivity index (χ2n) is 11.2. The number of rotatable bonds is 13. The molecule has 0 saturated heterocycles. The lowest BCUT2D eigenvalue weighted by atomic mass is 9.86. The van der Waals surface area contributed by atoms with Crippen molar-refractivity contribution in [3.05, 3.63) is 48.3 Å². The predicted octanol–water partition coefficient (Wildman–Crippen LogP) is 4.18. The molecule has 1 aromatic carbocycles. The van der Waals surface area contributed by atoms with Crippen LogP contribution in [0.15, 0.2) is 42.7 Å². The molecule has 8 nitrogen and oxygen atoms in total.